The lowest BCUT2D eigenvalue weighted by Crippen LogP contribution is -2.17. The Labute approximate surface area is 124 Å². The number of nitrogens with zero attached hydrogens (tertiary/aromatic N) is 1. The molecular formula is C17H18N2O2. The van der Waals surface area contributed by atoms with E-state index in [9.17, 15) is 9.90 Å². The normalized spacial score (nSPS) is 11.0. The maximum Gasteiger partial charge on any atom is 0.271 e. The zero-order valence-electron chi connectivity index (χ0n) is 12.1. The van der Waals surface area contributed by atoms with E-state index in [-0.39, 0.29) is 11.7 Å². The van der Waals surface area contributed by atoms with Crippen molar-refractivity contribution in [2.75, 3.05) is 0 Å². The summed E-state index contributed by atoms with van der Waals surface area (Å²) in [4.78, 5) is 11.9. The largest absolute Gasteiger partial charge is 0.507 e. The highest BCUT2D eigenvalue weighted by Gasteiger charge is 2.05. The molecule has 0 spiro atoms. The Kier molecular flexibility index (Phi) is 4.72. The number of amides is 1. The summed E-state index contributed by atoms with van der Waals surface area (Å²) in [5.74, 6) is 0.273. The first-order valence-electron chi connectivity index (χ1n) is 6.79. The Morgan fingerprint density at radius 2 is 1.81 bits per heavy atom. The molecule has 2 aromatic rings. The molecule has 2 rings (SSSR count). The van der Waals surface area contributed by atoms with E-state index in [0.29, 0.717) is 17.0 Å². The van der Waals surface area contributed by atoms with Crippen LogP contribution in [-0.4, -0.2) is 17.2 Å². The second-order valence-corrected chi connectivity index (χ2v) is 5.03. The third kappa shape index (κ3) is 3.92. The van der Waals surface area contributed by atoms with Gasteiger partial charge in [-0.15, -0.1) is 0 Å². The summed E-state index contributed by atoms with van der Waals surface area (Å²) in [6, 6.07) is 14.2. The van der Waals surface area contributed by atoms with Gasteiger partial charge < -0.3 is 5.11 Å². The molecule has 1 amide bonds. The Morgan fingerprint density at radius 3 is 2.43 bits per heavy atom. The fraction of sp³-hybridized carbons (Fsp3) is 0.176. The third-order valence-electron chi connectivity index (χ3n) is 3.15. The fourth-order valence-corrected chi connectivity index (χ4v) is 1.84. The molecule has 4 nitrogen and oxygen atoms in total. The number of hydrazone groups is 1. The Hall–Kier alpha value is -2.62. The van der Waals surface area contributed by atoms with Crippen LogP contribution in [0.1, 0.15) is 41.3 Å². The van der Waals surface area contributed by atoms with Crippen LogP contribution < -0.4 is 5.43 Å². The van der Waals surface area contributed by atoms with Crippen LogP contribution in [0.15, 0.2) is 53.6 Å². The molecule has 0 heterocycles. The number of para-hydroxylation sites is 1. The molecule has 0 fully saturated rings. The van der Waals surface area contributed by atoms with Crippen molar-refractivity contribution in [3.8, 4) is 5.75 Å². The van der Waals surface area contributed by atoms with Gasteiger partial charge in [-0.3, -0.25) is 4.79 Å². The second-order valence-electron chi connectivity index (χ2n) is 5.03. The smallest absolute Gasteiger partial charge is 0.271 e. The van der Waals surface area contributed by atoms with Gasteiger partial charge in [0.15, 0.2) is 0 Å². The number of hydrogen-bond donors (Lipinski definition) is 2. The minimum atomic E-state index is -0.281. The van der Waals surface area contributed by atoms with Crippen molar-refractivity contribution < 1.29 is 9.90 Å². The van der Waals surface area contributed by atoms with Gasteiger partial charge >= 0.3 is 0 Å². The van der Waals surface area contributed by atoms with E-state index in [0.717, 1.165) is 0 Å². The van der Waals surface area contributed by atoms with Gasteiger partial charge in [-0.25, -0.2) is 5.43 Å². The fourth-order valence-electron chi connectivity index (χ4n) is 1.84. The number of phenols is 1. The van der Waals surface area contributed by atoms with Crippen molar-refractivity contribution in [3.05, 3.63) is 65.2 Å². The first-order chi connectivity index (χ1) is 10.1. The maximum atomic E-state index is 11.9. The first-order valence-corrected chi connectivity index (χ1v) is 6.79. The van der Waals surface area contributed by atoms with Gasteiger partial charge in [-0.05, 0) is 35.7 Å². The molecule has 4 heteroatoms. The van der Waals surface area contributed by atoms with Crippen molar-refractivity contribution in [1.82, 2.24) is 5.43 Å². The molecule has 2 aromatic carbocycles. The number of aromatic hydroxyl groups is 1. The summed E-state index contributed by atoms with van der Waals surface area (Å²) < 4.78 is 0. The maximum absolute atomic E-state index is 11.9. The lowest BCUT2D eigenvalue weighted by Gasteiger charge is -2.06. The molecule has 0 saturated heterocycles. The summed E-state index contributed by atoms with van der Waals surface area (Å²) in [6.07, 6.45) is 1.41. The highest BCUT2D eigenvalue weighted by atomic mass is 16.3. The van der Waals surface area contributed by atoms with Crippen LogP contribution in [0.3, 0.4) is 0 Å². The predicted molar refractivity (Wildman–Crippen MR) is 83.7 cm³/mol. The van der Waals surface area contributed by atoms with Crippen molar-refractivity contribution >= 4 is 12.1 Å². The summed E-state index contributed by atoms with van der Waals surface area (Å²) >= 11 is 0. The van der Waals surface area contributed by atoms with E-state index >= 15 is 0 Å². The van der Waals surface area contributed by atoms with Crippen LogP contribution in [0.2, 0.25) is 0 Å². The van der Waals surface area contributed by atoms with E-state index in [2.05, 4.69) is 24.4 Å². The van der Waals surface area contributed by atoms with Crippen molar-refractivity contribution in [2.24, 2.45) is 5.10 Å². The van der Waals surface area contributed by atoms with Gasteiger partial charge in [0.1, 0.15) is 5.75 Å². The standard InChI is InChI=1S/C17H18N2O2/c1-12(2)13-7-9-14(10-8-13)17(21)19-18-11-15-5-3-4-6-16(15)20/h3-12,20H,1-2H3,(H,19,21). The quantitative estimate of drug-likeness (QED) is 0.667. The average Bonchev–Trinajstić information content (AvgIpc) is 2.49. The summed E-state index contributed by atoms with van der Waals surface area (Å²) in [6.45, 7) is 4.21. The first kappa shape index (κ1) is 14.8. The van der Waals surface area contributed by atoms with Gasteiger partial charge in [0.2, 0.25) is 0 Å². The minimum absolute atomic E-state index is 0.122. The van der Waals surface area contributed by atoms with E-state index in [1.54, 1.807) is 36.4 Å². The van der Waals surface area contributed by atoms with Gasteiger partial charge in [0, 0.05) is 11.1 Å². The lowest BCUT2D eigenvalue weighted by molar-refractivity contribution is 0.0955. The molecule has 0 saturated carbocycles. The van der Waals surface area contributed by atoms with Gasteiger partial charge in [0.25, 0.3) is 5.91 Å². The van der Waals surface area contributed by atoms with E-state index in [1.807, 2.05) is 12.1 Å². The number of benzene rings is 2. The van der Waals surface area contributed by atoms with Crippen LogP contribution in [0.25, 0.3) is 0 Å². The summed E-state index contributed by atoms with van der Waals surface area (Å²) in [7, 11) is 0. The molecule has 0 aromatic heterocycles. The molecule has 0 aliphatic rings. The topological polar surface area (TPSA) is 61.7 Å². The Balaban J connectivity index is 2.00. The number of rotatable bonds is 4. The van der Waals surface area contributed by atoms with E-state index in [4.69, 9.17) is 0 Å². The number of carbonyl (C=O) groups is 1. The number of hydrogen-bond acceptors (Lipinski definition) is 3. The highest BCUT2D eigenvalue weighted by Crippen LogP contribution is 2.15. The Morgan fingerprint density at radius 1 is 1.14 bits per heavy atom. The summed E-state index contributed by atoms with van der Waals surface area (Å²) in [5, 5.41) is 13.4. The van der Waals surface area contributed by atoms with Gasteiger partial charge in [-0.1, -0.05) is 38.1 Å². The summed E-state index contributed by atoms with van der Waals surface area (Å²) in [5.41, 5.74) is 4.73. The van der Waals surface area contributed by atoms with Crippen LogP contribution in [0.5, 0.6) is 5.75 Å². The third-order valence-corrected chi connectivity index (χ3v) is 3.15. The molecule has 0 aliphatic carbocycles. The highest BCUT2D eigenvalue weighted by molar-refractivity contribution is 5.95. The predicted octanol–water partition coefficient (Wildman–Crippen LogP) is 3.28. The number of phenolic OH excluding ortho intramolecular Hbond substituents is 1. The monoisotopic (exact) mass is 282 g/mol. The van der Waals surface area contributed by atoms with Crippen LogP contribution >= 0.6 is 0 Å². The van der Waals surface area contributed by atoms with Gasteiger partial charge in [-0.2, -0.15) is 5.10 Å². The molecule has 2 N–H and O–H groups in total. The molecule has 0 radical (unpaired) electrons. The van der Waals surface area contributed by atoms with E-state index < -0.39 is 0 Å². The average molecular weight is 282 g/mol. The van der Waals surface area contributed by atoms with E-state index in [1.165, 1.54) is 11.8 Å². The molecule has 0 aliphatic heterocycles. The van der Waals surface area contributed by atoms with Crippen LogP contribution in [0, 0.1) is 0 Å². The second kappa shape index (κ2) is 6.70. The van der Waals surface area contributed by atoms with Crippen molar-refractivity contribution in [2.45, 2.75) is 19.8 Å². The van der Waals surface area contributed by atoms with Crippen LogP contribution in [0.4, 0.5) is 0 Å². The molecule has 0 atom stereocenters. The molecular weight excluding hydrogens is 264 g/mol. The Bertz CT molecular complexity index is 646. The molecule has 108 valence electrons. The molecule has 21 heavy (non-hydrogen) atoms. The lowest BCUT2D eigenvalue weighted by atomic mass is 10.0. The minimum Gasteiger partial charge on any atom is -0.507 e. The van der Waals surface area contributed by atoms with Crippen molar-refractivity contribution in [3.63, 3.8) is 0 Å². The molecule has 0 bridgehead atoms. The molecule has 0 unspecified atom stereocenters. The van der Waals surface area contributed by atoms with Crippen LogP contribution in [-0.2, 0) is 0 Å². The SMILES string of the molecule is CC(C)c1ccc(C(=O)NN=Cc2ccccc2O)cc1. The number of carbonyl (C=O) groups excluding carboxylic acids is 1. The number of nitrogens with one attached hydrogen (secondary N) is 1. The van der Waals surface area contributed by atoms with Crippen molar-refractivity contribution in [1.29, 1.82) is 0 Å². The van der Waals surface area contributed by atoms with Gasteiger partial charge in [0.05, 0.1) is 6.21 Å². The zero-order valence-corrected chi connectivity index (χ0v) is 12.1. The zero-order chi connectivity index (χ0) is 15.2.